The van der Waals surface area contributed by atoms with Crippen LogP contribution in [0.25, 0.3) is 0 Å². The van der Waals surface area contributed by atoms with E-state index in [0.29, 0.717) is 0 Å². The van der Waals surface area contributed by atoms with Gasteiger partial charge in [-0.1, -0.05) is 30.6 Å². The lowest BCUT2D eigenvalue weighted by Gasteiger charge is -2.17. The average molecular weight is 360 g/mol. The Morgan fingerprint density at radius 3 is 2.25 bits per heavy atom. The van der Waals surface area contributed by atoms with E-state index in [4.69, 9.17) is 16.4 Å². The van der Waals surface area contributed by atoms with Crippen molar-refractivity contribution in [3.05, 3.63) is 64.4 Å². The number of alkyl halides is 3. The van der Waals surface area contributed by atoms with Crippen molar-refractivity contribution in [2.75, 3.05) is 0 Å². The minimum Gasteiger partial charge on any atom is -0.357 e. The number of halogens is 5. The fraction of sp³-hybridized carbons (Fsp3) is 0.235. The lowest BCUT2D eigenvalue weighted by atomic mass is 9.95. The molecule has 0 aliphatic carbocycles. The maximum absolute atomic E-state index is 13.2. The third kappa shape index (κ3) is 4.47. The van der Waals surface area contributed by atoms with E-state index in [-0.39, 0.29) is 28.0 Å². The van der Waals surface area contributed by atoms with Crippen LogP contribution in [0.1, 0.15) is 25.0 Å². The van der Waals surface area contributed by atoms with Crippen LogP contribution in [-0.4, -0.2) is 5.71 Å². The van der Waals surface area contributed by atoms with Crippen LogP contribution in [0.2, 0.25) is 5.02 Å². The molecule has 0 amide bonds. The lowest BCUT2D eigenvalue weighted by molar-refractivity contribution is -0.137. The summed E-state index contributed by atoms with van der Waals surface area (Å²) in [6, 6.07) is 8.29. The van der Waals surface area contributed by atoms with Crippen molar-refractivity contribution in [1.29, 1.82) is 0 Å². The molecule has 0 atom stereocenters. The average Bonchev–Trinajstić information content (AvgIpc) is 2.48. The fourth-order valence-corrected chi connectivity index (χ4v) is 2.21. The highest BCUT2D eigenvalue weighted by atomic mass is 35.5. The molecule has 2 nitrogen and oxygen atoms in total. The zero-order chi connectivity index (χ0) is 17.9. The summed E-state index contributed by atoms with van der Waals surface area (Å²) in [4.78, 5) is 5.16. The molecule has 2 aromatic rings. The highest BCUT2D eigenvalue weighted by Crippen LogP contribution is 2.34. The van der Waals surface area contributed by atoms with E-state index in [1.165, 1.54) is 36.4 Å². The smallest absolute Gasteiger partial charge is 0.357 e. The first-order valence-electron chi connectivity index (χ1n) is 7.06. The van der Waals surface area contributed by atoms with Crippen molar-refractivity contribution in [1.82, 2.24) is 0 Å². The van der Waals surface area contributed by atoms with Gasteiger partial charge in [0.1, 0.15) is 5.82 Å². The fourth-order valence-electron chi connectivity index (χ4n) is 2.04. The summed E-state index contributed by atoms with van der Waals surface area (Å²) >= 11 is 5.85. The maximum atomic E-state index is 13.2. The van der Waals surface area contributed by atoms with Gasteiger partial charge in [0.25, 0.3) is 0 Å². The van der Waals surface area contributed by atoms with E-state index < -0.39 is 17.6 Å². The molecule has 2 aromatic carbocycles. The second-order valence-corrected chi connectivity index (χ2v) is 5.80. The zero-order valence-corrected chi connectivity index (χ0v) is 13.6. The summed E-state index contributed by atoms with van der Waals surface area (Å²) in [5.41, 5.74) is -0.900. The van der Waals surface area contributed by atoms with Gasteiger partial charge in [-0.05, 0) is 48.4 Å². The van der Waals surface area contributed by atoms with Crippen LogP contribution in [0.5, 0.6) is 5.75 Å². The van der Waals surface area contributed by atoms with Gasteiger partial charge in [0, 0.05) is 10.6 Å². The van der Waals surface area contributed by atoms with Crippen molar-refractivity contribution in [2.45, 2.75) is 20.0 Å². The molecule has 0 unspecified atom stereocenters. The van der Waals surface area contributed by atoms with Gasteiger partial charge in [0.05, 0.1) is 11.3 Å². The molecule has 0 aliphatic rings. The van der Waals surface area contributed by atoms with Gasteiger partial charge in [0.15, 0.2) is 5.75 Å². The second-order valence-electron chi connectivity index (χ2n) is 5.36. The van der Waals surface area contributed by atoms with Crippen molar-refractivity contribution >= 4 is 17.3 Å². The quantitative estimate of drug-likeness (QED) is 0.376. The summed E-state index contributed by atoms with van der Waals surface area (Å²) in [5, 5.41) is 4.00. The van der Waals surface area contributed by atoms with Crippen molar-refractivity contribution < 1.29 is 22.4 Å². The Balaban J connectivity index is 2.46. The maximum Gasteiger partial charge on any atom is 0.417 e. The van der Waals surface area contributed by atoms with Gasteiger partial charge >= 0.3 is 6.18 Å². The molecule has 128 valence electrons. The lowest BCUT2D eigenvalue weighted by Crippen LogP contribution is -2.18. The van der Waals surface area contributed by atoms with Gasteiger partial charge in [-0.15, -0.1) is 0 Å². The van der Waals surface area contributed by atoms with Crippen LogP contribution in [-0.2, 0) is 6.18 Å². The third-order valence-electron chi connectivity index (χ3n) is 3.17. The van der Waals surface area contributed by atoms with E-state index in [2.05, 4.69) is 5.16 Å². The van der Waals surface area contributed by atoms with Gasteiger partial charge in [0.2, 0.25) is 0 Å². The topological polar surface area (TPSA) is 21.6 Å². The Morgan fingerprint density at radius 1 is 1.08 bits per heavy atom. The van der Waals surface area contributed by atoms with Crippen LogP contribution in [0.15, 0.2) is 47.6 Å². The molecule has 0 aliphatic heterocycles. The molecule has 0 heterocycles. The molecule has 0 aromatic heterocycles. The number of nitrogens with zero attached hydrogens (tertiary/aromatic N) is 1. The van der Waals surface area contributed by atoms with E-state index in [9.17, 15) is 17.6 Å². The highest BCUT2D eigenvalue weighted by molar-refractivity contribution is 6.31. The minimum atomic E-state index is -4.55. The summed E-state index contributed by atoms with van der Waals surface area (Å²) in [6.07, 6.45) is -4.55. The second kappa shape index (κ2) is 7.21. The highest BCUT2D eigenvalue weighted by Gasteiger charge is 2.35. The molecule has 0 saturated heterocycles. The number of hydrogen-bond acceptors (Lipinski definition) is 2. The Hall–Kier alpha value is -2.08. The van der Waals surface area contributed by atoms with Crippen LogP contribution in [0.3, 0.4) is 0 Å². The number of oxime groups is 1. The summed E-state index contributed by atoms with van der Waals surface area (Å²) in [7, 11) is 0. The first-order chi connectivity index (χ1) is 11.2. The van der Waals surface area contributed by atoms with E-state index in [1.54, 1.807) is 13.8 Å². The zero-order valence-electron chi connectivity index (χ0n) is 12.9. The van der Waals surface area contributed by atoms with Crippen LogP contribution in [0, 0.1) is 11.7 Å². The van der Waals surface area contributed by atoms with Gasteiger partial charge in [-0.25, -0.2) is 4.39 Å². The predicted molar refractivity (Wildman–Crippen MR) is 84.9 cm³/mol. The normalized spacial score (nSPS) is 12.6. The summed E-state index contributed by atoms with van der Waals surface area (Å²) in [6.45, 7) is 3.38. The number of benzene rings is 2. The molecule has 7 heteroatoms. The molecule has 24 heavy (non-hydrogen) atoms. The SMILES string of the molecule is CC(C)/C(=N\Oc1ccc(F)cc1)c1cc(Cl)ccc1C(F)(F)F. The van der Waals surface area contributed by atoms with Crippen molar-refractivity contribution in [3.8, 4) is 5.75 Å². The largest absolute Gasteiger partial charge is 0.417 e. The number of rotatable bonds is 4. The minimum absolute atomic E-state index is 0.0918. The van der Waals surface area contributed by atoms with E-state index >= 15 is 0 Å². The molecule has 0 saturated carbocycles. The Morgan fingerprint density at radius 2 is 1.71 bits per heavy atom. The molecule has 0 bridgehead atoms. The Kier molecular flexibility index (Phi) is 5.49. The summed E-state index contributed by atoms with van der Waals surface area (Å²) in [5.74, 6) is -0.597. The molecule has 0 radical (unpaired) electrons. The van der Waals surface area contributed by atoms with Gasteiger partial charge in [-0.3, -0.25) is 0 Å². The molecule has 0 N–H and O–H groups in total. The predicted octanol–water partition coefficient (Wildman–Crippen LogP) is 5.94. The van der Waals surface area contributed by atoms with Crippen LogP contribution in [0.4, 0.5) is 17.6 Å². The molecule has 0 fully saturated rings. The Labute approximate surface area is 141 Å². The van der Waals surface area contributed by atoms with Crippen LogP contribution < -0.4 is 4.84 Å². The Bertz CT molecular complexity index is 739. The van der Waals surface area contributed by atoms with Gasteiger partial charge < -0.3 is 4.84 Å². The molecule has 0 spiro atoms. The molecule has 2 rings (SSSR count). The standard InChI is InChI=1S/C17H14ClF4NO/c1-10(2)16(23-24-13-6-4-12(19)5-7-13)14-9-11(18)3-8-15(14)17(20,21)22/h3-10H,1-2H3/b23-16+. The summed E-state index contributed by atoms with van der Waals surface area (Å²) < 4.78 is 52.6. The molecular weight excluding hydrogens is 346 g/mol. The monoisotopic (exact) mass is 359 g/mol. The van der Waals surface area contributed by atoms with Crippen LogP contribution >= 0.6 is 11.6 Å². The van der Waals surface area contributed by atoms with Gasteiger partial charge in [-0.2, -0.15) is 13.2 Å². The van der Waals surface area contributed by atoms with Crippen molar-refractivity contribution in [2.24, 2.45) is 11.1 Å². The number of hydrogen-bond donors (Lipinski definition) is 0. The molecular formula is C17H14ClF4NO. The van der Waals surface area contributed by atoms with Crippen molar-refractivity contribution in [3.63, 3.8) is 0 Å². The van der Waals surface area contributed by atoms with E-state index in [1.807, 2.05) is 0 Å². The first-order valence-corrected chi connectivity index (χ1v) is 7.44. The third-order valence-corrected chi connectivity index (χ3v) is 3.41. The first kappa shape index (κ1) is 18.3. The van der Waals surface area contributed by atoms with E-state index in [0.717, 1.165) is 6.07 Å².